The van der Waals surface area contributed by atoms with Gasteiger partial charge in [0.2, 0.25) is 0 Å². The maximum Gasteiger partial charge on any atom is 0.348 e. The first-order valence-corrected chi connectivity index (χ1v) is 6.92. The third-order valence-corrected chi connectivity index (χ3v) is 3.30. The van der Waals surface area contributed by atoms with Gasteiger partial charge in [-0.2, -0.15) is 4.98 Å². The lowest BCUT2D eigenvalue weighted by atomic mass is 10.1. The molecule has 1 aromatic heterocycles. The van der Waals surface area contributed by atoms with E-state index in [1.165, 1.54) is 42.5 Å². The van der Waals surface area contributed by atoms with Crippen LogP contribution in [0.4, 0.5) is 11.4 Å². The molecule has 0 aliphatic carbocycles. The Labute approximate surface area is 139 Å². The Morgan fingerprint density at radius 3 is 2.00 bits per heavy atom. The largest absolute Gasteiger partial charge is 0.348 e. The average molecular weight is 339 g/mol. The fraction of sp³-hybridized carbons (Fsp3) is 0. The second-order valence-electron chi connectivity index (χ2n) is 4.94. The minimum Gasteiger partial charge on any atom is -0.290 e. The van der Waals surface area contributed by atoms with Crippen LogP contribution in [0.15, 0.2) is 53.3 Å². The minimum absolute atomic E-state index is 0.0195. The topological polar surface area (TPSA) is 145 Å². The van der Waals surface area contributed by atoms with Crippen molar-refractivity contribution in [2.24, 2.45) is 0 Å². The van der Waals surface area contributed by atoms with Gasteiger partial charge in [-0.15, -0.1) is 0 Å². The van der Waals surface area contributed by atoms with Crippen LogP contribution in [0.25, 0.3) is 22.8 Å². The predicted molar refractivity (Wildman–Crippen MR) is 86.8 cm³/mol. The summed E-state index contributed by atoms with van der Waals surface area (Å²) in [4.78, 5) is 42.7. The standard InChI is InChI=1S/C15H9N5O5/c21-15-17-13(9-3-1-5-11(7-9)19(22)23)16-14(18-15)10-4-2-6-12(8-10)20(24)25/h1-8H,(H,16,17,18,21). The number of H-pyrrole nitrogens is 1. The van der Waals surface area contributed by atoms with E-state index in [9.17, 15) is 25.0 Å². The van der Waals surface area contributed by atoms with Crippen LogP contribution in [0.1, 0.15) is 0 Å². The Bertz CT molecular complexity index is 967. The zero-order chi connectivity index (χ0) is 18.0. The van der Waals surface area contributed by atoms with Gasteiger partial charge in [0.05, 0.1) is 9.85 Å². The SMILES string of the molecule is O=c1nc(-c2cccc([N+](=O)[O-])c2)nc(-c2cccc([N+](=O)[O-])c2)[nH]1. The van der Waals surface area contributed by atoms with E-state index in [4.69, 9.17) is 0 Å². The number of nitrogens with zero attached hydrogens (tertiary/aromatic N) is 4. The molecule has 1 heterocycles. The van der Waals surface area contributed by atoms with Gasteiger partial charge < -0.3 is 0 Å². The minimum atomic E-state index is -0.724. The molecule has 0 fully saturated rings. The highest BCUT2D eigenvalue weighted by Crippen LogP contribution is 2.23. The van der Waals surface area contributed by atoms with Gasteiger partial charge in [-0.1, -0.05) is 24.3 Å². The zero-order valence-electron chi connectivity index (χ0n) is 12.4. The smallest absolute Gasteiger partial charge is 0.290 e. The van der Waals surface area contributed by atoms with Crippen LogP contribution in [0.5, 0.6) is 0 Å². The van der Waals surface area contributed by atoms with E-state index in [-0.39, 0.29) is 28.6 Å². The normalized spacial score (nSPS) is 10.4. The van der Waals surface area contributed by atoms with Crippen LogP contribution in [0.2, 0.25) is 0 Å². The monoisotopic (exact) mass is 339 g/mol. The first-order valence-electron chi connectivity index (χ1n) is 6.92. The van der Waals surface area contributed by atoms with Crippen molar-refractivity contribution in [3.8, 4) is 22.8 Å². The molecule has 25 heavy (non-hydrogen) atoms. The highest BCUT2D eigenvalue weighted by atomic mass is 16.6. The summed E-state index contributed by atoms with van der Waals surface area (Å²) in [5.41, 5.74) is -0.447. The van der Waals surface area contributed by atoms with Crippen molar-refractivity contribution < 1.29 is 9.85 Å². The highest BCUT2D eigenvalue weighted by Gasteiger charge is 2.13. The van der Waals surface area contributed by atoms with Crippen LogP contribution < -0.4 is 5.69 Å². The number of hydrogen-bond acceptors (Lipinski definition) is 7. The van der Waals surface area contributed by atoms with Crippen molar-refractivity contribution in [2.75, 3.05) is 0 Å². The highest BCUT2D eigenvalue weighted by molar-refractivity contribution is 5.64. The van der Waals surface area contributed by atoms with Gasteiger partial charge in [-0.05, 0) is 0 Å². The van der Waals surface area contributed by atoms with E-state index in [1.54, 1.807) is 6.07 Å². The number of aromatic nitrogens is 3. The second-order valence-corrected chi connectivity index (χ2v) is 4.94. The van der Waals surface area contributed by atoms with Crippen LogP contribution in [0, 0.1) is 20.2 Å². The lowest BCUT2D eigenvalue weighted by Gasteiger charge is -2.04. The summed E-state index contributed by atoms with van der Waals surface area (Å²) >= 11 is 0. The van der Waals surface area contributed by atoms with E-state index in [0.717, 1.165) is 0 Å². The Kier molecular flexibility index (Phi) is 4.00. The van der Waals surface area contributed by atoms with Crippen molar-refractivity contribution in [3.05, 3.63) is 79.2 Å². The quantitative estimate of drug-likeness (QED) is 0.567. The molecule has 0 aliphatic rings. The van der Waals surface area contributed by atoms with Gasteiger partial charge >= 0.3 is 5.69 Å². The molecule has 10 nitrogen and oxygen atoms in total. The average Bonchev–Trinajstić information content (AvgIpc) is 2.61. The lowest BCUT2D eigenvalue weighted by Crippen LogP contribution is -2.14. The Hall–Kier alpha value is -3.95. The third kappa shape index (κ3) is 3.37. The van der Waals surface area contributed by atoms with E-state index >= 15 is 0 Å². The van der Waals surface area contributed by atoms with E-state index < -0.39 is 15.5 Å². The molecule has 1 N–H and O–H groups in total. The van der Waals surface area contributed by atoms with Gasteiger partial charge in [-0.3, -0.25) is 25.2 Å². The van der Waals surface area contributed by atoms with Gasteiger partial charge in [0.15, 0.2) is 5.82 Å². The molecule has 0 saturated heterocycles. The van der Waals surface area contributed by atoms with Crippen molar-refractivity contribution in [1.29, 1.82) is 0 Å². The molecule has 3 aromatic rings. The lowest BCUT2D eigenvalue weighted by molar-refractivity contribution is -0.385. The summed E-state index contributed by atoms with van der Waals surface area (Å²) < 4.78 is 0. The number of nitro benzene ring substituents is 2. The molecule has 0 radical (unpaired) electrons. The molecule has 0 unspecified atom stereocenters. The van der Waals surface area contributed by atoms with Gasteiger partial charge in [-0.25, -0.2) is 9.78 Å². The number of nitrogens with one attached hydrogen (secondary N) is 1. The molecule has 124 valence electrons. The zero-order valence-corrected chi connectivity index (χ0v) is 12.4. The number of hydrogen-bond donors (Lipinski definition) is 1. The molecule has 0 bridgehead atoms. The summed E-state index contributed by atoms with van der Waals surface area (Å²) in [7, 11) is 0. The molecular formula is C15H9N5O5. The second kappa shape index (κ2) is 6.28. The van der Waals surface area contributed by atoms with Crippen LogP contribution >= 0.6 is 0 Å². The number of non-ortho nitro benzene ring substituents is 2. The molecular weight excluding hydrogens is 330 g/mol. The van der Waals surface area contributed by atoms with E-state index in [1.807, 2.05) is 0 Å². The predicted octanol–water partition coefficient (Wildman–Crippen LogP) is 2.32. The summed E-state index contributed by atoms with van der Waals surface area (Å²) in [5, 5.41) is 21.8. The number of aromatic amines is 1. The molecule has 0 spiro atoms. The molecule has 0 saturated carbocycles. The van der Waals surface area contributed by atoms with Crippen molar-refractivity contribution >= 4 is 11.4 Å². The Morgan fingerprint density at radius 2 is 1.40 bits per heavy atom. The molecule has 0 amide bonds. The number of benzene rings is 2. The first-order chi connectivity index (χ1) is 11.9. The fourth-order valence-corrected chi connectivity index (χ4v) is 2.18. The van der Waals surface area contributed by atoms with Gasteiger partial charge in [0.25, 0.3) is 11.4 Å². The van der Waals surface area contributed by atoms with Crippen LogP contribution in [0.3, 0.4) is 0 Å². The van der Waals surface area contributed by atoms with Crippen LogP contribution in [-0.2, 0) is 0 Å². The summed E-state index contributed by atoms with van der Waals surface area (Å²) in [5.74, 6) is 0.0548. The third-order valence-electron chi connectivity index (χ3n) is 3.30. The van der Waals surface area contributed by atoms with Crippen molar-refractivity contribution in [1.82, 2.24) is 15.0 Å². The van der Waals surface area contributed by atoms with Gasteiger partial charge in [0.1, 0.15) is 5.82 Å². The molecule has 10 heteroatoms. The number of rotatable bonds is 4. The molecule has 0 atom stereocenters. The maximum absolute atomic E-state index is 11.8. The van der Waals surface area contributed by atoms with E-state index in [2.05, 4.69) is 15.0 Å². The van der Waals surface area contributed by atoms with Gasteiger partial charge in [0, 0.05) is 35.4 Å². The Morgan fingerprint density at radius 1 is 0.840 bits per heavy atom. The number of nitro groups is 2. The fourth-order valence-electron chi connectivity index (χ4n) is 2.18. The van der Waals surface area contributed by atoms with E-state index in [0.29, 0.717) is 5.56 Å². The van der Waals surface area contributed by atoms with Crippen molar-refractivity contribution in [2.45, 2.75) is 0 Å². The first kappa shape index (κ1) is 15.9. The summed E-state index contributed by atoms with van der Waals surface area (Å²) in [6, 6.07) is 11.1. The Balaban J connectivity index is 2.12. The summed E-state index contributed by atoms with van der Waals surface area (Å²) in [6.07, 6.45) is 0. The van der Waals surface area contributed by atoms with Crippen LogP contribution in [-0.4, -0.2) is 24.8 Å². The summed E-state index contributed by atoms with van der Waals surface area (Å²) in [6.45, 7) is 0. The maximum atomic E-state index is 11.8. The molecule has 0 aliphatic heterocycles. The molecule has 2 aromatic carbocycles. The molecule has 3 rings (SSSR count). The van der Waals surface area contributed by atoms with Crippen molar-refractivity contribution in [3.63, 3.8) is 0 Å².